The van der Waals surface area contributed by atoms with Crippen LogP contribution in [-0.2, 0) is 31.3 Å². The van der Waals surface area contributed by atoms with Gasteiger partial charge in [0.25, 0.3) is 10.0 Å². The summed E-state index contributed by atoms with van der Waals surface area (Å²) in [5.41, 5.74) is 0.401. The summed E-state index contributed by atoms with van der Waals surface area (Å²) in [4.78, 5) is 12.6. The molecule has 0 aliphatic heterocycles. The molecule has 212 valence electrons. The van der Waals surface area contributed by atoms with Gasteiger partial charge in [-0.05, 0) is 55.0 Å². The average Bonchev–Trinajstić information content (AvgIpc) is 3.30. The van der Waals surface area contributed by atoms with Crippen molar-refractivity contribution in [2.45, 2.75) is 23.3 Å². The van der Waals surface area contributed by atoms with E-state index in [1.165, 1.54) is 36.4 Å². The molecule has 0 saturated heterocycles. The number of carbonyl (C=O) groups is 1. The molecule has 4 aromatic rings. The summed E-state index contributed by atoms with van der Waals surface area (Å²) in [6.45, 7) is 2.20. The largest absolute Gasteiger partial charge is 0.497 e. The van der Waals surface area contributed by atoms with Gasteiger partial charge in [0, 0.05) is 29.5 Å². The van der Waals surface area contributed by atoms with Crippen LogP contribution in [0.2, 0.25) is 0 Å². The monoisotopic (exact) mass is 649 g/mol. The molecule has 0 spiro atoms. The number of methoxy groups -OCH3 is 1. The summed E-state index contributed by atoms with van der Waals surface area (Å²) in [6.07, 6.45) is 0. The maximum absolute atomic E-state index is 13.8. The molecule has 2 N–H and O–H groups in total. The molecule has 0 unspecified atom stereocenters. The van der Waals surface area contributed by atoms with Crippen molar-refractivity contribution in [2.75, 3.05) is 26.8 Å². The van der Waals surface area contributed by atoms with Crippen LogP contribution in [0.4, 0.5) is 0 Å². The van der Waals surface area contributed by atoms with Crippen LogP contribution in [0.25, 0.3) is 10.9 Å². The van der Waals surface area contributed by atoms with Gasteiger partial charge in [-0.1, -0.05) is 46.3 Å². The quantitative estimate of drug-likeness (QED) is 0.174. The molecule has 0 radical (unpaired) electrons. The number of benzene rings is 3. The van der Waals surface area contributed by atoms with Crippen molar-refractivity contribution in [3.8, 4) is 5.75 Å². The molecule has 4 rings (SSSR count). The van der Waals surface area contributed by atoms with Crippen LogP contribution in [0.5, 0.6) is 5.75 Å². The Kier molecular flexibility index (Phi) is 9.31. The average molecular weight is 651 g/mol. The number of hydrogen-bond acceptors (Lipinski definition) is 8. The zero-order valence-electron chi connectivity index (χ0n) is 21.8. The Morgan fingerprint density at radius 3 is 2.30 bits per heavy atom. The molecule has 0 saturated carbocycles. The molecule has 40 heavy (non-hydrogen) atoms. The summed E-state index contributed by atoms with van der Waals surface area (Å²) >= 11 is 3.33. The maximum atomic E-state index is 13.8. The molecular formula is C27H28BrN3O7S2. The molecule has 3 aromatic carbocycles. The SMILES string of the molecule is CCOC(=O)c1c(S(=O)(=O)NCCNCc2ccc(OC)cc2)c2cc(Br)ccc2n1S(=O)(=O)c1ccccc1. The number of aromatic nitrogens is 1. The van der Waals surface area contributed by atoms with Gasteiger partial charge in [-0.2, -0.15) is 0 Å². The smallest absolute Gasteiger partial charge is 0.357 e. The van der Waals surface area contributed by atoms with Crippen LogP contribution in [0.3, 0.4) is 0 Å². The lowest BCUT2D eigenvalue weighted by molar-refractivity contribution is 0.0514. The summed E-state index contributed by atoms with van der Waals surface area (Å²) < 4.78 is 69.0. The number of rotatable bonds is 12. The first kappa shape index (κ1) is 29.7. The molecule has 0 atom stereocenters. The van der Waals surface area contributed by atoms with Crippen molar-refractivity contribution >= 4 is 52.8 Å². The van der Waals surface area contributed by atoms with Gasteiger partial charge in [-0.3, -0.25) is 0 Å². The number of sulfonamides is 1. The van der Waals surface area contributed by atoms with Crippen LogP contribution in [0, 0.1) is 0 Å². The van der Waals surface area contributed by atoms with Gasteiger partial charge < -0.3 is 14.8 Å². The van der Waals surface area contributed by atoms with Gasteiger partial charge in [0.1, 0.15) is 10.6 Å². The first-order valence-electron chi connectivity index (χ1n) is 12.2. The molecule has 0 amide bonds. The van der Waals surface area contributed by atoms with Crippen LogP contribution in [0.15, 0.2) is 87.1 Å². The van der Waals surface area contributed by atoms with E-state index in [9.17, 15) is 21.6 Å². The first-order chi connectivity index (χ1) is 19.1. The second-order valence-electron chi connectivity index (χ2n) is 8.56. The molecule has 0 fully saturated rings. The van der Waals surface area contributed by atoms with Crippen molar-refractivity contribution in [3.05, 3.63) is 88.5 Å². The zero-order chi connectivity index (χ0) is 28.9. The third kappa shape index (κ3) is 6.23. The second-order valence-corrected chi connectivity index (χ2v) is 13.0. The van der Waals surface area contributed by atoms with Crippen molar-refractivity contribution in [1.82, 2.24) is 14.0 Å². The minimum atomic E-state index is -4.39. The molecule has 13 heteroatoms. The standard InChI is InChI=1S/C27H28BrN3O7S2/c1-3-38-27(32)25-26(39(33,34)30-16-15-29-18-19-9-12-21(37-2)13-10-19)23-17-20(28)11-14-24(23)31(25)40(35,36)22-7-5-4-6-8-22/h4-14,17,29-30H,3,15-16,18H2,1-2H3. The fourth-order valence-corrected chi connectivity index (χ4v) is 7.48. The number of fused-ring (bicyclic) bond motifs is 1. The normalized spacial score (nSPS) is 12.0. The number of halogens is 1. The van der Waals surface area contributed by atoms with Gasteiger partial charge in [-0.15, -0.1) is 0 Å². The Morgan fingerprint density at radius 2 is 1.65 bits per heavy atom. The van der Waals surface area contributed by atoms with E-state index in [-0.39, 0.29) is 35.5 Å². The van der Waals surface area contributed by atoms with Crippen LogP contribution in [0.1, 0.15) is 23.0 Å². The Hall–Kier alpha value is -3.23. The van der Waals surface area contributed by atoms with E-state index in [1.54, 1.807) is 26.2 Å². The Bertz CT molecular complexity index is 1720. The van der Waals surface area contributed by atoms with Crippen LogP contribution in [-0.4, -0.2) is 53.6 Å². The molecule has 1 aromatic heterocycles. The van der Waals surface area contributed by atoms with E-state index in [0.29, 0.717) is 11.0 Å². The van der Waals surface area contributed by atoms with E-state index < -0.39 is 36.6 Å². The topological polar surface area (TPSA) is 133 Å². The molecular weight excluding hydrogens is 622 g/mol. The highest BCUT2D eigenvalue weighted by atomic mass is 79.9. The Balaban J connectivity index is 1.72. The van der Waals surface area contributed by atoms with Gasteiger partial charge in [0.05, 0.1) is 24.1 Å². The fraction of sp³-hybridized carbons (Fsp3) is 0.222. The lowest BCUT2D eigenvalue weighted by atomic mass is 10.2. The number of hydrogen-bond donors (Lipinski definition) is 2. The second kappa shape index (κ2) is 12.5. The van der Waals surface area contributed by atoms with E-state index in [2.05, 4.69) is 26.0 Å². The fourth-order valence-electron chi connectivity index (χ4n) is 4.12. The van der Waals surface area contributed by atoms with Crippen molar-refractivity contribution in [1.29, 1.82) is 0 Å². The van der Waals surface area contributed by atoms with Gasteiger partial charge in [0.15, 0.2) is 5.69 Å². The number of nitrogens with one attached hydrogen (secondary N) is 2. The van der Waals surface area contributed by atoms with Crippen LogP contribution < -0.4 is 14.8 Å². The molecule has 0 aliphatic carbocycles. The maximum Gasteiger partial charge on any atom is 0.357 e. The number of carbonyl (C=O) groups excluding carboxylic acids is 1. The van der Waals surface area contributed by atoms with Gasteiger partial charge in [-0.25, -0.2) is 30.3 Å². The lowest BCUT2D eigenvalue weighted by Crippen LogP contribution is -2.33. The minimum Gasteiger partial charge on any atom is -0.497 e. The highest BCUT2D eigenvalue weighted by Crippen LogP contribution is 2.35. The summed E-state index contributed by atoms with van der Waals surface area (Å²) in [5, 5.41) is 3.20. The predicted octanol–water partition coefficient (Wildman–Crippen LogP) is 3.89. The van der Waals surface area contributed by atoms with Crippen molar-refractivity contribution in [2.24, 2.45) is 0 Å². The minimum absolute atomic E-state index is 0.0210. The predicted molar refractivity (Wildman–Crippen MR) is 155 cm³/mol. The number of esters is 1. The van der Waals surface area contributed by atoms with Gasteiger partial charge >= 0.3 is 5.97 Å². The number of nitrogens with zero attached hydrogens (tertiary/aromatic N) is 1. The Labute approximate surface area is 241 Å². The highest BCUT2D eigenvalue weighted by Gasteiger charge is 2.36. The third-order valence-electron chi connectivity index (χ3n) is 5.94. The van der Waals surface area contributed by atoms with E-state index in [0.717, 1.165) is 15.3 Å². The molecule has 0 aliphatic rings. The number of ether oxygens (including phenoxy) is 2. The van der Waals surface area contributed by atoms with E-state index >= 15 is 0 Å². The Morgan fingerprint density at radius 1 is 0.950 bits per heavy atom. The zero-order valence-corrected chi connectivity index (χ0v) is 25.0. The molecule has 0 bridgehead atoms. The summed E-state index contributed by atoms with van der Waals surface area (Å²) in [5.74, 6) is -0.346. The molecule has 10 nitrogen and oxygen atoms in total. The van der Waals surface area contributed by atoms with Crippen molar-refractivity contribution < 1.29 is 31.1 Å². The van der Waals surface area contributed by atoms with E-state index in [1.807, 2.05) is 24.3 Å². The first-order valence-corrected chi connectivity index (χ1v) is 16.0. The van der Waals surface area contributed by atoms with E-state index in [4.69, 9.17) is 9.47 Å². The summed E-state index contributed by atoms with van der Waals surface area (Å²) in [6, 6.07) is 19.4. The van der Waals surface area contributed by atoms with Crippen LogP contribution >= 0.6 is 15.9 Å². The third-order valence-corrected chi connectivity index (χ3v) is 9.70. The van der Waals surface area contributed by atoms with Crippen molar-refractivity contribution in [3.63, 3.8) is 0 Å². The molecule has 1 heterocycles. The summed E-state index contributed by atoms with van der Waals surface area (Å²) in [7, 11) is -7.19. The van der Waals surface area contributed by atoms with Gasteiger partial charge in [0.2, 0.25) is 10.0 Å². The lowest BCUT2D eigenvalue weighted by Gasteiger charge is -2.13. The highest BCUT2D eigenvalue weighted by molar-refractivity contribution is 9.10.